The second-order valence-corrected chi connectivity index (χ2v) is 3.99. The van der Waals surface area contributed by atoms with Crippen molar-refractivity contribution in [3.05, 3.63) is 0 Å². The molecule has 1 aliphatic rings. The van der Waals surface area contributed by atoms with Crippen LogP contribution >= 0.6 is 0 Å². The first kappa shape index (κ1) is 11.4. The Balaban J connectivity index is 2.28. The fourth-order valence-electron chi connectivity index (χ4n) is 1.34. The van der Waals surface area contributed by atoms with Gasteiger partial charge in [-0.15, -0.1) is 0 Å². The minimum Gasteiger partial charge on any atom is -0.379 e. The Hall–Kier alpha value is -0.650. The molecule has 5 nitrogen and oxygen atoms in total. The third-order valence-corrected chi connectivity index (χ3v) is 2.61. The van der Waals surface area contributed by atoms with Gasteiger partial charge in [-0.1, -0.05) is 0 Å². The summed E-state index contributed by atoms with van der Waals surface area (Å²) in [6.07, 6.45) is 0.600. The van der Waals surface area contributed by atoms with Gasteiger partial charge in [0.05, 0.1) is 18.8 Å². The molecular formula is C9H19N3O2. The molecule has 1 heterocycles. The molecule has 1 saturated heterocycles. The van der Waals surface area contributed by atoms with Crippen molar-refractivity contribution >= 4 is 5.91 Å². The first-order valence-corrected chi connectivity index (χ1v) is 4.91. The van der Waals surface area contributed by atoms with Crippen molar-refractivity contribution in [2.24, 2.45) is 11.5 Å². The van der Waals surface area contributed by atoms with Crippen LogP contribution in [-0.2, 0) is 9.53 Å². The van der Waals surface area contributed by atoms with Crippen molar-refractivity contribution in [1.82, 2.24) is 4.90 Å². The fourth-order valence-corrected chi connectivity index (χ4v) is 1.34. The van der Waals surface area contributed by atoms with Crippen LogP contribution in [0.3, 0.4) is 0 Å². The molecule has 4 N–H and O–H groups in total. The summed E-state index contributed by atoms with van der Waals surface area (Å²) in [5.74, 6) is -0.439. The maximum Gasteiger partial charge on any atom is 0.237 e. The van der Waals surface area contributed by atoms with Gasteiger partial charge in [-0.2, -0.15) is 0 Å². The molecule has 0 aromatic heterocycles. The summed E-state index contributed by atoms with van der Waals surface area (Å²) in [4.78, 5) is 13.2. The molecule has 0 aliphatic carbocycles. The van der Waals surface area contributed by atoms with Crippen LogP contribution in [-0.4, -0.2) is 49.2 Å². The number of ether oxygens (including phenoxy) is 1. The minimum atomic E-state index is -0.891. The number of morpholine rings is 1. The lowest BCUT2D eigenvalue weighted by Crippen LogP contribution is -2.51. The van der Waals surface area contributed by atoms with E-state index in [0.29, 0.717) is 6.42 Å². The molecule has 1 rings (SSSR count). The Morgan fingerprint density at radius 2 is 2.07 bits per heavy atom. The Bertz CT molecular complexity index is 200. The van der Waals surface area contributed by atoms with Crippen LogP contribution in [0.15, 0.2) is 0 Å². The van der Waals surface area contributed by atoms with Gasteiger partial charge < -0.3 is 16.2 Å². The van der Waals surface area contributed by atoms with Crippen molar-refractivity contribution in [1.29, 1.82) is 0 Å². The van der Waals surface area contributed by atoms with Gasteiger partial charge in [0.1, 0.15) is 0 Å². The highest BCUT2D eigenvalue weighted by Gasteiger charge is 2.26. The first-order chi connectivity index (χ1) is 6.52. The highest BCUT2D eigenvalue weighted by atomic mass is 16.5. The molecule has 0 aromatic rings. The van der Waals surface area contributed by atoms with Crippen molar-refractivity contribution in [3.8, 4) is 0 Å². The van der Waals surface area contributed by atoms with E-state index in [1.807, 2.05) is 0 Å². The minimum absolute atomic E-state index is 0.439. The average Bonchev–Trinajstić information content (AvgIpc) is 2.16. The topological polar surface area (TPSA) is 81.6 Å². The van der Waals surface area contributed by atoms with E-state index in [0.717, 1.165) is 32.8 Å². The molecule has 1 unspecified atom stereocenters. The zero-order chi connectivity index (χ0) is 10.6. The van der Waals surface area contributed by atoms with E-state index in [1.165, 1.54) is 0 Å². The second kappa shape index (κ2) is 4.72. The quantitative estimate of drug-likeness (QED) is 0.605. The molecule has 0 radical (unpaired) electrons. The molecule has 0 saturated carbocycles. The number of carbonyl (C=O) groups excluding carboxylic acids is 1. The molecular weight excluding hydrogens is 182 g/mol. The summed E-state index contributed by atoms with van der Waals surface area (Å²) >= 11 is 0. The monoisotopic (exact) mass is 201 g/mol. The molecule has 1 atom stereocenters. The maximum absolute atomic E-state index is 10.9. The van der Waals surface area contributed by atoms with Crippen LogP contribution in [0.25, 0.3) is 0 Å². The number of amides is 1. The molecule has 1 aliphatic heterocycles. The highest BCUT2D eigenvalue weighted by Crippen LogP contribution is 2.07. The van der Waals surface area contributed by atoms with Gasteiger partial charge in [0.25, 0.3) is 0 Å². The van der Waals surface area contributed by atoms with Gasteiger partial charge in [0.2, 0.25) is 5.91 Å². The van der Waals surface area contributed by atoms with Crippen molar-refractivity contribution in [2.75, 3.05) is 32.8 Å². The molecule has 1 fully saturated rings. The first-order valence-electron chi connectivity index (χ1n) is 4.91. The number of rotatable bonds is 4. The Labute approximate surface area is 84.4 Å². The summed E-state index contributed by atoms with van der Waals surface area (Å²) in [6.45, 7) is 5.83. The normalized spacial score (nSPS) is 23.0. The molecule has 1 amide bonds. The highest BCUT2D eigenvalue weighted by molar-refractivity contribution is 5.83. The van der Waals surface area contributed by atoms with Gasteiger partial charge >= 0.3 is 0 Å². The largest absolute Gasteiger partial charge is 0.379 e. The van der Waals surface area contributed by atoms with E-state index in [4.69, 9.17) is 16.2 Å². The zero-order valence-corrected chi connectivity index (χ0v) is 8.66. The van der Waals surface area contributed by atoms with Crippen molar-refractivity contribution in [3.63, 3.8) is 0 Å². The van der Waals surface area contributed by atoms with Crippen molar-refractivity contribution in [2.45, 2.75) is 18.9 Å². The van der Waals surface area contributed by atoms with E-state index in [-0.39, 0.29) is 0 Å². The zero-order valence-electron chi connectivity index (χ0n) is 8.66. The van der Waals surface area contributed by atoms with Crippen LogP contribution in [0.5, 0.6) is 0 Å². The second-order valence-electron chi connectivity index (χ2n) is 3.99. The number of primary amides is 1. The summed E-state index contributed by atoms with van der Waals surface area (Å²) in [6, 6.07) is 0. The smallest absolute Gasteiger partial charge is 0.237 e. The van der Waals surface area contributed by atoms with E-state index < -0.39 is 11.4 Å². The Morgan fingerprint density at radius 1 is 1.50 bits per heavy atom. The van der Waals surface area contributed by atoms with Gasteiger partial charge in [-0.25, -0.2) is 0 Å². The summed E-state index contributed by atoms with van der Waals surface area (Å²) in [5, 5.41) is 0. The van der Waals surface area contributed by atoms with Crippen LogP contribution in [0.2, 0.25) is 0 Å². The van der Waals surface area contributed by atoms with E-state index in [9.17, 15) is 4.79 Å². The number of carbonyl (C=O) groups is 1. The Morgan fingerprint density at radius 3 is 2.57 bits per heavy atom. The van der Waals surface area contributed by atoms with Gasteiger partial charge in [0, 0.05) is 19.6 Å². The molecule has 5 heteroatoms. The molecule has 14 heavy (non-hydrogen) atoms. The van der Waals surface area contributed by atoms with Crippen LogP contribution < -0.4 is 11.5 Å². The number of hydrogen-bond acceptors (Lipinski definition) is 4. The van der Waals surface area contributed by atoms with Gasteiger partial charge in [-0.05, 0) is 13.3 Å². The lowest BCUT2D eigenvalue weighted by atomic mass is 9.98. The molecule has 0 spiro atoms. The summed E-state index contributed by atoms with van der Waals surface area (Å²) in [7, 11) is 0. The van der Waals surface area contributed by atoms with Gasteiger partial charge in [-0.3, -0.25) is 9.69 Å². The van der Waals surface area contributed by atoms with Crippen LogP contribution in [0, 0.1) is 0 Å². The predicted octanol–water partition coefficient (Wildman–Crippen LogP) is -1.09. The Kier molecular flexibility index (Phi) is 3.86. The molecule has 0 aromatic carbocycles. The predicted molar refractivity (Wildman–Crippen MR) is 53.7 cm³/mol. The third-order valence-electron chi connectivity index (χ3n) is 2.61. The number of nitrogens with zero attached hydrogens (tertiary/aromatic N) is 1. The fraction of sp³-hybridized carbons (Fsp3) is 0.889. The summed E-state index contributed by atoms with van der Waals surface area (Å²) in [5.41, 5.74) is 10.0. The third kappa shape index (κ3) is 3.25. The lowest BCUT2D eigenvalue weighted by molar-refractivity contribution is -0.123. The molecule has 0 bridgehead atoms. The number of hydrogen-bond donors (Lipinski definition) is 2. The average molecular weight is 201 g/mol. The van der Waals surface area contributed by atoms with Crippen molar-refractivity contribution < 1.29 is 9.53 Å². The number of nitrogens with two attached hydrogens (primary N) is 2. The van der Waals surface area contributed by atoms with E-state index in [1.54, 1.807) is 6.92 Å². The lowest BCUT2D eigenvalue weighted by Gasteiger charge is -2.29. The van der Waals surface area contributed by atoms with Crippen LogP contribution in [0.4, 0.5) is 0 Å². The molecule has 82 valence electrons. The van der Waals surface area contributed by atoms with Gasteiger partial charge in [0.15, 0.2) is 0 Å². The van der Waals surface area contributed by atoms with E-state index >= 15 is 0 Å². The van der Waals surface area contributed by atoms with E-state index in [2.05, 4.69) is 4.90 Å². The summed E-state index contributed by atoms with van der Waals surface area (Å²) < 4.78 is 5.21. The standard InChI is InChI=1S/C9H19N3O2/c1-9(11,8(10)13)2-3-12-4-6-14-7-5-12/h2-7,11H2,1H3,(H2,10,13). The van der Waals surface area contributed by atoms with Crippen LogP contribution in [0.1, 0.15) is 13.3 Å². The SMILES string of the molecule is CC(N)(CCN1CCOCC1)C(N)=O. The maximum atomic E-state index is 10.9.